The van der Waals surface area contributed by atoms with Crippen molar-refractivity contribution >= 4 is 5.97 Å². The molecule has 0 aromatic rings. The number of hydrogen-bond donors (Lipinski definition) is 1. The maximum Gasteiger partial charge on any atom is 0.330 e. The van der Waals surface area contributed by atoms with Gasteiger partial charge in [0.2, 0.25) is 0 Å². The number of carbonyl (C=O) groups is 1. The molecule has 0 saturated heterocycles. The summed E-state index contributed by atoms with van der Waals surface area (Å²) in [5.41, 5.74) is 0.454. The fourth-order valence-corrected chi connectivity index (χ4v) is 1.37. The highest BCUT2D eigenvalue weighted by Gasteiger charge is 2.05. The van der Waals surface area contributed by atoms with E-state index in [2.05, 4.69) is 20.8 Å². The molecule has 2 heteroatoms. The highest BCUT2D eigenvalue weighted by atomic mass is 16.4. The van der Waals surface area contributed by atoms with Crippen LogP contribution in [0.4, 0.5) is 0 Å². The summed E-state index contributed by atoms with van der Waals surface area (Å²) in [6, 6.07) is 0. The third kappa shape index (κ3) is 6.38. The quantitative estimate of drug-likeness (QED) is 0.667. The van der Waals surface area contributed by atoms with Crippen molar-refractivity contribution in [1.82, 2.24) is 0 Å². The third-order valence-electron chi connectivity index (χ3n) is 2.04. The van der Waals surface area contributed by atoms with Crippen LogP contribution in [0.25, 0.3) is 0 Å². The average molecular weight is 184 g/mol. The van der Waals surface area contributed by atoms with Crippen molar-refractivity contribution in [3.8, 4) is 0 Å². The van der Waals surface area contributed by atoms with Crippen molar-refractivity contribution in [2.24, 2.45) is 11.8 Å². The maximum absolute atomic E-state index is 10.5. The van der Waals surface area contributed by atoms with Gasteiger partial charge in [0, 0.05) is 5.57 Å². The van der Waals surface area contributed by atoms with Gasteiger partial charge in [-0.25, -0.2) is 4.79 Å². The standard InChI is InChI=1S/C11H20O2/c1-8(2)7-9(3)5-6-10(4)11(12)13/h6,8-9H,5,7H2,1-4H3,(H,12,13). The summed E-state index contributed by atoms with van der Waals surface area (Å²) in [5, 5.41) is 8.61. The molecule has 1 atom stereocenters. The Morgan fingerprint density at radius 3 is 2.31 bits per heavy atom. The molecule has 0 rings (SSSR count). The third-order valence-corrected chi connectivity index (χ3v) is 2.04. The Hall–Kier alpha value is -0.790. The second-order valence-electron chi connectivity index (χ2n) is 4.16. The Labute approximate surface area is 80.7 Å². The minimum absolute atomic E-state index is 0.454. The zero-order valence-corrected chi connectivity index (χ0v) is 9.00. The van der Waals surface area contributed by atoms with E-state index >= 15 is 0 Å². The van der Waals surface area contributed by atoms with Crippen LogP contribution in [-0.4, -0.2) is 11.1 Å². The van der Waals surface area contributed by atoms with Crippen molar-refractivity contribution < 1.29 is 9.90 Å². The first-order valence-electron chi connectivity index (χ1n) is 4.83. The van der Waals surface area contributed by atoms with Crippen LogP contribution in [0.2, 0.25) is 0 Å². The van der Waals surface area contributed by atoms with Crippen molar-refractivity contribution in [2.45, 2.75) is 40.5 Å². The largest absolute Gasteiger partial charge is 0.478 e. The summed E-state index contributed by atoms with van der Waals surface area (Å²) in [4.78, 5) is 10.5. The van der Waals surface area contributed by atoms with E-state index in [0.717, 1.165) is 12.8 Å². The monoisotopic (exact) mass is 184 g/mol. The molecular formula is C11H20O2. The first-order chi connectivity index (χ1) is 5.93. The van der Waals surface area contributed by atoms with E-state index in [0.29, 0.717) is 17.4 Å². The molecule has 0 spiro atoms. The molecule has 13 heavy (non-hydrogen) atoms. The molecular weight excluding hydrogens is 164 g/mol. The lowest BCUT2D eigenvalue weighted by atomic mass is 9.95. The number of carboxylic acid groups (broad SMARTS) is 1. The van der Waals surface area contributed by atoms with E-state index in [-0.39, 0.29) is 0 Å². The van der Waals surface area contributed by atoms with Gasteiger partial charge in [-0.2, -0.15) is 0 Å². The van der Waals surface area contributed by atoms with Gasteiger partial charge in [-0.05, 0) is 31.6 Å². The molecule has 0 amide bonds. The lowest BCUT2D eigenvalue weighted by Crippen LogP contribution is -2.01. The average Bonchev–Trinajstić information content (AvgIpc) is 1.98. The van der Waals surface area contributed by atoms with E-state index in [4.69, 9.17) is 5.11 Å². The summed E-state index contributed by atoms with van der Waals surface area (Å²) < 4.78 is 0. The Morgan fingerprint density at radius 2 is 1.92 bits per heavy atom. The van der Waals surface area contributed by atoms with Crippen LogP contribution < -0.4 is 0 Å². The van der Waals surface area contributed by atoms with E-state index in [9.17, 15) is 4.79 Å². The molecule has 0 aromatic carbocycles. The highest BCUT2D eigenvalue weighted by molar-refractivity contribution is 5.85. The normalized spacial score (nSPS) is 14.7. The first-order valence-corrected chi connectivity index (χ1v) is 4.83. The van der Waals surface area contributed by atoms with Gasteiger partial charge in [0.05, 0.1) is 0 Å². The molecule has 0 saturated carbocycles. The zero-order chi connectivity index (χ0) is 10.4. The van der Waals surface area contributed by atoms with Crippen molar-refractivity contribution in [3.63, 3.8) is 0 Å². The summed E-state index contributed by atoms with van der Waals surface area (Å²) in [6.45, 7) is 8.17. The number of hydrogen-bond acceptors (Lipinski definition) is 1. The molecule has 0 aliphatic heterocycles. The van der Waals surface area contributed by atoms with Gasteiger partial charge >= 0.3 is 5.97 Å². The molecule has 0 aliphatic rings. The molecule has 1 N–H and O–H groups in total. The smallest absolute Gasteiger partial charge is 0.330 e. The second-order valence-corrected chi connectivity index (χ2v) is 4.16. The van der Waals surface area contributed by atoms with Crippen LogP contribution in [-0.2, 0) is 4.79 Å². The number of rotatable bonds is 5. The Bertz CT molecular complexity index is 192. The van der Waals surface area contributed by atoms with Crippen molar-refractivity contribution in [3.05, 3.63) is 11.6 Å². The fourth-order valence-electron chi connectivity index (χ4n) is 1.37. The number of allylic oxidation sites excluding steroid dienone is 1. The van der Waals surface area contributed by atoms with Gasteiger partial charge in [-0.15, -0.1) is 0 Å². The minimum Gasteiger partial charge on any atom is -0.478 e. The summed E-state index contributed by atoms with van der Waals surface area (Å²) >= 11 is 0. The van der Waals surface area contributed by atoms with Crippen LogP contribution in [0.15, 0.2) is 11.6 Å². The maximum atomic E-state index is 10.5. The number of carboxylic acids is 1. The molecule has 0 radical (unpaired) electrons. The predicted molar refractivity (Wildman–Crippen MR) is 54.6 cm³/mol. The Morgan fingerprint density at radius 1 is 1.38 bits per heavy atom. The Balaban J connectivity index is 3.87. The van der Waals surface area contributed by atoms with Crippen LogP contribution >= 0.6 is 0 Å². The highest BCUT2D eigenvalue weighted by Crippen LogP contribution is 2.15. The molecule has 0 heterocycles. The number of aliphatic carboxylic acids is 1. The van der Waals surface area contributed by atoms with Crippen molar-refractivity contribution in [2.75, 3.05) is 0 Å². The Kier molecular flexibility index (Phi) is 5.44. The molecule has 0 fully saturated rings. The van der Waals surface area contributed by atoms with E-state index < -0.39 is 5.97 Å². The van der Waals surface area contributed by atoms with Gasteiger partial charge in [0.15, 0.2) is 0 Å². The minimum atomic E-state index is -0.809. The summed E-state index contributed by atoms with van der Waals surface area (Å²) in [6.07, 6.45) is 3.84. The summed E-state index contributed by atoms with van der Waals surface area (Å²) in [5.74, 6) is 0.458. The van der Waals surface area contributed by atoms with E-state index in [1.165, 1.54) is 0 Å². The lowest BCUT2D eigenvalue weighted by molar-refractivity contribution is -0.132. The molecule has 0 aromatic heterocycles. The topological polar surface area (TPSA) is 37.3 Å². The molecule has 2 nitrogen and oxygen atoms in total. The van der Waals surface area contributed by atoms with Gasteiger partial charge in [-0.3, -0.25) is 0 Å². The van der Waals surface area contributed by atoms with Crippen LogP contribution in [0.3, 0.4) is 0 Å². The zero-order valence-electron chi connectivity index (χ0n) is 9.00. The SMILES string of the molecule is CC(=CCC(C)CC(C)C)C(=O)O. The van der Waals surface area contributed by atoms with Crippen LogP contribution in [0.1, 0.15) is 40.5 Å². The van der Waals surface area contributed by atoms with E-state index in [1.54, 1.807) is 6.92 Å². The molecule has 0 aliphatic carbocycles. The lowest BCUT2D eigenvalue weighted by Gasteiger charge is -2.11. The summed E-state index contributed by atoms with van der Waals surface area (Å²) in [7, 11) is 0. The molecule has 76 valence electrons. The van der Waals surface area contributed by atoms with Gasteiger partial charge in [-0.1, -0.05) is 26.8 Å². The van der Waals surface area contributed by atoms with E-state index in [1.807, 2.05) is 6.08 Å². The predicted octanol–water partition coefficient (Wildman–Crippen LogP) is 3.09. The first kappa shape index (κ1) is 12.2. The van der Waals surface area contributed by atoms with Crippen LogP contribution in [0, 0.1) is 11.8 Å². The van der Waals surface area contributed by atoms with Crippen LogP contribution in [0.5, 0.6) is 0 Å². The second kappa shape index (κ2) is 5.79. The van der Waals surface area contributed by atoms with Gasteiger partial charge in [0.1, 0.15) is 0 Å². The van der Waals surface area contributed by atoms with Gasteiger partial charge < -0.3 is 5.11 Å². The van der Waals surface area contributed by atoms with Crippen molar-refractivity contribution in [1.29, 1.82) is 0 Å². The van der Waals surface area contributed by atoms with Gasteiger partial charge in [0.25, 0.3) is 0 Å². The fraction of sp³-hybridized carbons (Fsp3) is 0.727. The molecule has 1 unspecified atom stereocenters. The molecule has 0 bridgehead atoms.